The number of amides is 3. The number of aryl methyl sites for hydroxylation is 1. The second-order valence-corrected chi connectivity index (χ2v) is 6.30. The Kier molecular flexibility index (Phi) is 6.78. The summed E-state index contributed by atoms with van der Waals surface area (Å²) in [4.78, 5) is 35.5. The lowest BCUT2D eigenvalue weighted by molar-refractivity contribution is -0.123. The number of carbonyl (C=O) groups excluding carboxylic acids is 3. The van der Waals surface area contributed by atoms with Crippen LogP contribution < -0.4 is 15.4 Å². The summed E-state index contributed by atoms with van der Waals surface area (Å²) in [5, 5.41) is 14.4. The van der Waals surface area contributed by atoms with E-state index in [4.69, 9.17) is 9.47 Å². The Morgan fingerprint density at radius 1 is 1.15 bits per heavy atom. The molecule has 3 amide bonds. The second-order valence-electron chi connectivity index (χ2n) is 5.45. The van der Waals surface area contributed by atoms with E-state index in [2.05, 4.69) is 21.2 Å². The van der Waals surface area contributed by atoms with Crippen LogP contribution in [0.15, 0.2) is 40.9 Å². The van der Waals surface area contributed by atoms with Crippen molar-refractivity contribution in [3.8, 4) is 11.5 Å². The molecule has 0 saturated heterocycles. The highest BCUT2D eigenvalue weighted by molar-refractivity contribution is 9.10. The number of ether oxygens (including phenoxy) is 2. The van der Waals surface area contributed by atoms with Crippen molar-refractivity contribution in [2.45, 2.75) is 6.92 Å². The number of rotatable bonds is 5. The molecule has 0 spiro atoms. The first kappa shape index (κ1) is 20.2. The van der Waals surface area contributed by atoms with Crippen LogP contribution in [0.2, 0.25) is 0 Å². The number of nitrogens with one attached hydrogen (secondary N) is 2. The molecule has 0 unspecified atom stereocenters. The number of benzene rings is 2. The minimum absolute atomic E-state index is 0.0858. The number of phenols is 1. The molecule has 8 nitrogen and oxygen atoms in total. The molecule has 3 N–H and O–H groups in total. The van der Waals surface area contributed by atoms with Crippen LogP contribution in [0, 0.1) is 6.92 Å². The van der Waals surface area contributed by atoms with Gasteiger partial charge >= 0.3 is 12.0 Å². The average Bonchev–Trinajstić information content (AvgIpc) is 2.63. The monoisotopic (exact) mass is 436 g/mol. The lowest BCUT2D eigenvalue weighted by Crippen LogP contribution is -2.37. The molecule has 2 aromatic carbocycles. The van der Waals surface area contributed by atoms with E-state index in [9.17, 15) is 19.5 Å². The second kappa shape index (κ2) is 9.04. The first-order chi connectivity index (χ1) is 12.8. The highest BCUT2D eigenvalue weighted by atomic mass is 79.9. The average molecular weight is 437 g/mol. The van der Waals surface area contributed by atoms with Gasteiger partial charge in [0, 0.05) is 5.69 Å². The Morgan fingerprint density at radius 3 is 2.44 bits per heavy atom. The molecule has 0 heterocycles. The number of hydrogen-bond donors (Lipinski definition) is 3. The number of anilines is 1. The molecule has 142 valence electrons. The maximum absolute atomic E-state index is 12.0. The Balaban J connectivity index is 1.86. The maximum Gasteiger partial charge on any atom is 0.342 e. The van der Waals surface area contributed by atoms with Crippen molar-refractivity contribution in [2.75, 3.05) is 19.0 Å². The molecule has 0 aliphatic carbocycles. The summed E-state index contributed by atoms with van der Waals surface area (Å²) in [7, 11) is 1.52. The van der Waals surface area contributed by atoms with Crippen LogP contribution in [0.5, 0.6) is 11.5 Å². The van der Waals surface area contributed by atoms with Gasteiger partial charge in [0.15, 0.2) is 6.61 Å². The van der Waals surface area contributed by atoms with Crippen LogP contribution in [0.1, 0.15) is 15.9 Å². The van der Waals surface area contributed by atoms with E-state index in [0.717, 1.165) is 5.56 Å². The van der Waals surface area contributed by atoms with Crippen molar-refractivity contribution in [1.29, 1.82) is 0 Å². The van der Waals surface area contributed by atoms with Crippen LogP contribution >= 0.6 is 15.9 Å². The fourth-order valence-electron chi connectivity index (χ4n) is 2.10. The van der Waals surface area contributed by atoms with E-state index >= 15 is 0 Å². The molecule has 0 bridgehead atoms. The number of carbonyl (C=O) groups is 3. The molecule has 27 heavy (non-hydrogen) atoms. The molecular formula is C18H17BrN2O6. The Hall–Kier alpha value is -3.07. The zero-order chi connectivity index (χ0) is 20.0. The van der Waals surface area contributed by atoms with E-state index in [-0.39, 0.29) is 11.3 Å². The summed E-state index contributed by atoms with van der Waals surface area (Å²) < 4.78 is 10.2. The van der Waals surface area contributed by atoms with Gasteiger partial charge in [-0.25, -0.2) is 9.59 Å². The summed E-state index contributed by atoms with van der Waals surface area (Å²) in [5.74, 6) is -1.37. The number of halogens is 1. The van der Waals surface area contributed by atoms with Gasteiger partial charge < -0.3 is 19.9 Å². The van der Waals surface area contributed by atoms with Gasteiger partial charge in [0.1, 0.15) is 17.1 Å². The molecular weight excluding hydrogens is 420 g/mol. The van der Waals surface area contributed by atoms with Crippen molar-refractivity contribution < 1.29 is 29.0 Å². The van der Waals surface area contributed by atoms with Gasteiger partial charge in [-0.2, -0.15) is 0 Å². The number of aromatic hydroxyl groups is 1. The number of methoxy groups -OCH3 is 1. The summed E-state index contributed by atoms with van der Waals surface area (Å²) in [5.41, 5.74) is 1.08. The molecule has 0 aromatic heterocycles. The van der Waals surface area contributed by atoms with Gasteiger partial charge in [-0.1, -0.05) is 0 Å². The normalized spacial score (nSPS) is 10.0. The number of imide groups is 1. The fourth-order valence-corrected chi connectivity index (χ4v) is 2.67. The highest BCUT2D eigenvalue weighted by Gasteiger charge is 2.18. The summed E-state index contributed by atoms with van der Waals surface area (Å²) in [6.07, 6.45) is 0. The van der Waals surface area contributed by atoms with Crippen molar-refractivity contribution >= 4 is 39.5 Å². The van der Waals surface area contributed by atoms with Crippen molar-refractivity contribution in [3.05, 3.63) is 52.0 Å². The molecule has 2 rings (SSSR count). The zero-order valence-electron chi connectivity index (χ0n) is 14.5. The van der Waals surface area contributed by atoms with Crippen LogP contribution in [-0.4, -0.2) is 36.7 Å². The van der Waals surface area contributed by atoms with E-state index < -0.39 is 24.5 Å². The van der Waals surface area contributed by atoms with Gasteiger partial charge in [0.05, 0.1) is 11.6 Å². The fraction of sp³-hybridized carbons (Fsp3) is 0.167. The lowest BCUT2D eigenvalue weighted by atomic mass is 10.1. The van der Waals surface area contributed by atoms with Gasteiger partial charge in [0.25, 0.3) is 5.91 Å². The number of hydrogen-bond acceptors (Lipinski definition) is 6. The first-order valence-corrected chi connectivity index (χ1v) is 8.50. The van der Waals surface area contributed by atoms with Gasteiger partial charge in [-0.05, 0) is 64.8 Å². The standard InChI is InChI=1S/C18H17BrN2O6/c1-10-7-13(16(23)14(19)8-10)17(24)27-9-15(22)21-18(25)20-11-3-5-12(26-2)6-4-11/h3-8,23H,9H2,1-2H3,(H2,20,21,22,25). The van der Waals surface area contributed by atoms with E-state index in [1.54, 1.807) is 37.3 Å². The Bertz CT molecular complexity index is 867. The third-order valence-electron chi connectivity index (χ3n) is 3.36. The molecule has 0 fully saturated rings. The van der Waals surface area contributed by atoms with Gasteiger partial charge in [-0.3, -0.25) is 10.1 Å². The molecule has 0 radical (unpaired) electrons. The molecule has 0 aliphatic heterocycles. The molecule has 0 atom stereocenters. The van der Waals surface area contributed by atoms with E-state index in [1.807, 2.05) is 5.32 Å². The van der Waals surface area contributed by atoms with Crippen molar-refractivity contribution in [2.24, 2.45) is 0 Å². The number of esters is 1. The Morgan fingerprint density at radius 2 is 1.81 bits per heavy atom. The summed E-state index contributed by atoms with van der Waals surface area (Å²) in [6, 6.07) is 8.77. The quantitative estimate of drug-likeness (QED) is 0.620. The first-order valence-electron chi connectivity index (χ1n) is 7.71. The van der Waals surface area contributed by atoms with Crippen molar-refractivity contribution in [1.82, 2.24) is 5.32 Å². The number of phenolic OH excluding ortho intramolecular Hbond substituents is 1. The maximum atomic E-state index is 12.0. The van der Waals surface area contributed by atoms with Gasteiger partial charge in [-0.15, -0.1) is 0 Å². The smallest absolute Gasteiger partial charge is 0.342 e. The highest BCUT2D eigenvalue weighted by Crippen LogP contribution is 2.29. The predicted octanol–water partition coefficient (Wildman–Crippen LogP) is 2.98. The third-order valence-corrected chi connectivity index (χ3v) is 3.97. The lowest BCUT2D eigenvalue weighted by Gasteiger charge is -2.09. The molecule has 2 aromatic rings. The van der Waals surface area contributed by atoms with Crippen LogP contribution in [-0.2, 0) is 9.53 Å². The number of urea groups is 1. The van der Waals surface area contributed by atoms with Crippen LogP contribution in [0.25, 0.3) is 0 Å². The topological polar surface area (TPSA) is 114 Å². The molecule has 0 aliphatic rings. The molecule has 9 heteroatoms. The predicted molar refractivity (Wildman–Crippen MR) is 101 cm³/mol. The van der Waals surface area contributed by atoms with Gasteiger partial charge in [0.2, 0.25) is 0 Å². The van der Waals surface area contributed by atoms with E-state index in [0.29, 0.717) is 15.9 Å². The summed E-state index contributed by atoms with van der Waals surface area (Å²) in [6.45, 7) is 1.05. The SMILES string of the molecule is COc1ccc(NC(=O)NC(=O)COC(=O)c2cc(C)cc(Br)c2O)cc1. The zero-order valence-corrected chi connectivity index (χ0v) is 16.1. The van der Waals surface area contributed by atoms with E-state index in [1.165, 1.54) is 13.2 Å². The minimum Gasteiger partial charge on any atom is -0.506 e. The summed E-state index contributed by atoms with van der Waals surface area (Å²) >= 11 is 3.12. The van der Waals surface area contributed by atoms with Crippen molar-refractivity contribution in [3.63, 3.8) is 0 Å². The van der Waals surface area contributed by atoms with Crippen LogP contribution in [0.4, 0.5) is 10.5 Å². The Labute approximate surface area is 163 Å². The third kappa shape index (κ3) is 5.71. The minimum atomic E-state index is -0.886. The molecule has 0 saturated carbocycles. The largest absolute Gasteiger partial charge is 0.506 e. The van der Waals surface area contributed by atoms with Crippen LogP contribution in [0.3, 0.4) is 0 Å².